The van der Waals surface area contributed by atoms with E-state index in [-0.39, 0.29) is 11.3 Å². The summed E-state index contributed by atoms with van der Waals surface area (Å²) in [5, 5.41) is 2.98. The number of hydrogen-bond donors (Lipinski definition) is 2. The molecule has 0 aliphatic rings. The maximum Gasteiger partial charge on any atom is 0.220 e. The second kappa shape index (κ2) is 8.02. The summed E-state index contributed by atoms with van der Waals surface area (Å²) in [7, 11) is 0. The van der Waals surface area contributed by atoms with E-state index in [2.05, 4.69) is 41.2 Å². The van der Waals surface area contributed by atoms with Gasteiger partial charge in [0.05, 0.1) is 3.79 Å². The molecule has 0 aliphatic carbocycles. The summed E-state index contributed by atoms with van der Waals surface area (Å²) in [4.78, 5) is 13.0. The average molecular weight is 347 g/mol. The Labute approximate surface area is 128 Å². The van der Waals surface area contributed by atoms with Crippen LogP contribution < -0.4 is 11.1 Å². The molecule has 5 heteroatoms. The van der Waals surface area contributed by atoms with Crippen LogP contribution in [-0.2, 0) is 11.2 Å². The molecule has 1 heterocycles. The highest BCUT2D eigenvalue weighted by molar-refractivity contribution is 9.11. The van der Waals surface area contributed by atoms with Gasteiger partial charge in [0.2, 0.25) is 5.91 Å². The first kappa shape index (κ1) is 16.7. The van der Waals surface area contributed by atoms with Crippen molar-refractivity contribution < 1.29 is 4.79 Å². The van der Waals surface area contributed by atoms with Gasteiger partial charge in [0.1, 0.15) is 0 Å². The Hall–Kier alpha value is -0.390. The number of carbonyl (C=O) groups excluding carboxylic acids is 1. The molecular formula is C14H23BrN2OS. The van der Waals surface area contributed by atoms with E-state index in [1.54, 1.807) is 11.3 Å². The van der Waals surface area contributed by atoms with Crippen molar-refractivity contribution >= 4 is 33.2 Å². The Balaban J connectivity index is 2.18. The quantitative estimate of drug-likeness (QED) is 0.758. The molecule has 0 saturated carbocycles. The molecule has 0 fully saturated rings. The van der Waals surface area contributed by atoms with Gasteiger partial charge in [0, 0.05) is 17.8 Å². The number of thiophene rings is 1. The van der Waals surface area contributed by atoms with Gasteiger partial charge >= 0.3 is 0 Å². The highest BCUT2D eigenvalue weighted by atomic mass is 79.9. The smallest absolute Gasteiger partial charge is 0.220 e. The Kier molecular flexibility index (Phi) is 7.04. The van der Waals surface area contributed by atoms with Crippen molar-refractivity contribution in [3.8, 4) is 0 Å². The van der Waals surface area contributed by atoms with Gasteiger partial charge in [-0.3, -0.25) is 4.79 Å². The molecule has 108 valence electrons. The Morgan fingerprint density at radius 2 is 2.16 bits per heavy atom. The summed E-state index contributed by atoms with van der Waals surface area (Å²) >= 11 is 5.15. The molecule has 1 rings (SSSR count). The molecule has 19 heavy (non-hydrogen) atoms. The molecule has 0 aromatic carbocycles. The van der Waals surface area contributed by atoms with Crippen molar-refractivity contribution in [2.24, 2.45) is 11.1 Å². The van der Waals surface area contributed by atoms with Crippen molar-refractivity contribution in [3.05, 3.63) is 20.8 Å². The third-order valence-corrected chi connectivity index (χ3v) is 4.86. The van der Waals surface area contributed by atoms with Crippen LogP contribution in [0.5, 0.6) is 0 Å². The first-order valence-corrected chi connectivity index (χ1v) is 8.25. The lowest BCUT2D eigenvalue weighted by molar-refractivity contribution is -0.121. The lowest BCUT2D eigenvalue weighted by Gasteiger charge is -2.23. The van der Waals surface area contributed by atoms with Crippen molar-refractivity contribution in [2.45, 2.75) is 39.5 Å². The molecule has 1 aromatic rings. The predicted molar refractivity (Wildman–Crippen MR) is 85.4 cm³/mol. The number of rotatable bonds is 8. The van der Waals surface area contributed by atoms with E-state index >= 15 is 0 Å². The van der Waals surface area contributed by atoms with Crippen LogP contribution in [0.15, 0.2) is 15.9 Å². The standard InChI is InChI=1S/C14H23BrN2OS/c1-14(2,8-9-16)7-5-13(18)17-10-6-11-3-4-12(15)19-11/h3-4H,5-10,16H2,1-2H3,(H,17,18). The highest BCUT2D eigenvalue weighted by Gasteiger charge is 2.18. The fourth-order valence-electron chi connectivity index (χ4n) is 1.87. The minimum absolute atomic E-state index is 0.140. The predicted octanol–water partition coefficient (Wildman–Crippen LogP) is 3.32. The summed E-state index contributed by atoms with van der Waals surface area (Å²) in [6.45, 7) is 5.72. The molecule has 0 aliphatic heterocycles. The van der Waals surface area contributed by atoms with Crippen LogP contribution in [0, 0.1) is 5.41 Å². The van der Waals surface area contributed by atoms with E-state index in [1.165, 1.54) is 4.88 Å². The van der Waals surface area contributed by atoms with Gasteiger partial charge in [0.15, 0.2) is 0 Å². The maximum atomic E-state index is 11.7. The highest BCUT2D eigenvalue weighted by Crippen LogP contribution is 2.25. The molecule has 0 atom stereocenters. The zero-order valence-electron chi connectivity index (χ0n) is 11.7. The summed E-state index contributed by atoms with van der Waals surface area (Å²) in [6.07, 6.45) is 3.33. The molecule has 1 aromatic heterocycles. The van der Waals surface area contributed by atoms with Gasteiger partial charge in [-0.2, -0.15) is 0 Å². The third-order valence-electron chi connectivity index (χ3n) is 3.17. The largest absolute Gasteiger partial charge is 0.356 e. The van der Waals surface area contributed by atoms with Gasteiger partial charge in [-0.1, -0.05) is 13.8 Å². The summed E-state index contributed by atoms with van der Waals surface area (Å²) in [5.41, 5.74) is 5.72. The van der Waals surface area contributed by atoms with Gasteiger partial charge in [-0.15, -0.1) is 11.3 Å². The molecule has 1 amide bonds. The van der Waals surface area contributed by atoms with E-state index in [1.807, 2.05) is 6.07 Å². The maximum absolute atomic E-state index is 11.7. The van der Waals surface area contributed by atoms with E-state index in [0.29, 0.717) is 19.5 Å². The van der Waals surface area contributed by atoms with Crippen molar-refractivity contribution in [1.29, 1.82) is 0 Å². The molecule has 0 spiro atoms. The van der Waals surface area contributed by atoms with Crippen molar-refractivity contribution in [3.63, 3.8) is 0 Å². The second-order valence-corrected chi connectivity index (χ2v) is 8.06. The topological polar surface area (TPSA) is 55.1 Å². The fraction of sp³-hybridized carbons (Fsp3) is 0.643. The van der Waals surface area contributed by atoms with E-state index in [0.717, 1.165) is 23.0 Å². The minimum atomic E-state index is 0.140. The van der Waals surface area contributed by atoms with Gasteiger partial charge in [0.25, 0.3) is 0 Å². The van der Waals surface area contributed by atoms with Crippen LogP contribution in [0.2, 0.25) is 0 Å². The third kappa shape index (κ3) is 7.09. The van der Waals surface area contributed by atoms with Crippen LogP contribution in [0.25, 0.3) is 0 Å². The number of nitrogens with one attached hydrogen (secondary N) is 1. The van der Waals surface area contributed by atoms with Crippen molar-refractivity contribution in [1.82, 2.24) is 5.32 Å². The van der Waals surface area contributed by atoms with Crippen LogP contribution >= 0.6 is 27.3 Å². The Bertz CT molecular complexity index is 404. The number of carbonyl (C=O) groups is 1. The van der Waals surface area contributed by atoms with E-state index in [9.17, 15) is 4.79 Å². The van der Waals surface area contributed by atoms with Gasteiger partial charge < -0.3 is 11.1 Å². The molecule has 0 saturated heterocycles. The first-order valence-electron chi connectivity index (χ1n) is 6.64. The summed E-state index contributed by atoms with van der Waals surface area (Å²) in [6, 6.07) is 4.13. The summed E-state index contributed by atoms with van der Waals surface area (Å²) in [5.74, 6) is 0.140. The van der Waals surface area contributed by atoms with Crippen LogP contribution in [0.3, 0.4) is 0 Å². The Morgan fingerprint density at radius 3 is 2.74 bits per heavy atom. The van der Waals surface area contributed by atoms with E-state index < -0.39 is 0 Å². The molecule has 0 unspecified atom stereocenters. The normalized spacial score (nSPS) is 11.6. The number of halogens is 1. The fourth-order valence-corrected chi connectivity index (χ4v) is 3.35. The second-order valence-electron chi connectivity index (χ2n) is 5.51. The van der Waals surface area contributed by atoms with Crippen LogP contribution in [0.1, 0.15) is 38.0 Å². The van der Waals surface area contributed by atoms with Crippen molar-refractivity contribution in [2.75, 3.05) is 13.1 Å². The average Bonchev–Trinajstić information content (AvgIpc) is 2.73. The van der Waals surface area contributed by atoms with Crippen LogP contribution in [-0.4, -0.2) is 19.0 Å². The Morgan fingerprint density at radius 1 is 1.42 bits per heavy atom. The molecule has 0 bridgehead atoms. The minimum Gasteiger partial charge on any atom is -0.356 e. The summed E-state index contributed by atoms with van der Waals surface area (Å²) < 4.78 is 1.14. The first-order chi connectivity index (χ1) is 8.93. The molecule has 3 nitrogen and oxygen atoms in total. The van der Waals surface area contributed by atoms with Gasteiger partial charge in [-0.05, 0) is 59.3 Å². The van der Waals surface area contributed by atoms with E-state index in [4.69, 9.17) is 5.73 Å². The molecular weight excluding hydrogens is 324 g/mol. The lowest BCUT2D eigenvalue weighted by atomic mass is 9.84. The lowest BCUT2D eigenvalue weighted by Crippen LogP contribution is -2.27. The molecule has 0 radical (unpaired) electrons. The zero-order chi connectivity index (χ0) is 14.3. The number of amides is 1. The zero-order valence-corrected chi connectivity index (χ0v) is 14.1. The van der Waals surface area contributed by atoms with Crippen LogP contribution in [0.4, 0.5) is 0 Å². The number of hydrogen-bond acceptors (Lipinski definition) is 3. The SMILES string of the molecule is CC(C)(CCN)CCC(=O)NCCc1ccc(Br)s1. The van der Waals surface area contributed by atoms with Gasteiger partial charge in [-0.25, -0.2) is 0 Å². The monoisotopic (exact) mass is 346 g/mol. The number of nitrogens with two attached hydrogens (primary N) is 1. The molecule has 3 N–H and O–H groups in total.